The Bertz CT molecular complexity index is 610. The van der Waals surface area contributed by atoms with E-state index in [0.29, 0.717) is 30.8 Å². The van der Waals surface area contributed by atoms with Crippen LogP contribution in [0.4, 0.5) is 0 Å². The Balaban J connectivity index is 1.95. The lowest BCUT2D eigenvalue weighted by Crippen LogP contribution is -2.31. The second kappa shape index (κ2) is 4.76. The van der Waals surface area contributed by atoms with Crippen molar-refractivity contribution in [3.05, 3.63) is 29.3 Å². The molecule has 2 unspecified atom stereocenters. The van der Waals surface area contributed by atoms with Crippen molar-refractivity contribution in [2.24, 2.45) is 5.92 Å². The summed E-state index contributed by atoms with van der Waals surface area (Å²) in [5.41, 5.74) is 1.09. The number of carboxylic acid groups (broad SMARTS) is 1. The molecule has 1 amide bonds. The molecule has 5 heteroatoms. The topological polar surface area (TPSA) is 75.6 Å². The highest BCUT2D eigenvalue weighted by molar-refractivity contribution is 5.95. The van der Waals surface area contributed by atoms with Crippen LogP contribution in [0.25, 0.3) is 0 Å². The number of carbonyl (C=O) groups is 2. The van der Waals surface area contributed by atoms with Crippen LogP contribution in [0.3, 0.4) is 0 Å². The van der Waals surface area contributed by atoms with Gasteiger partial charge in [0.1, 0.15) is 5.75 Å². The zero-order chi connectivity index (χ0) is 15.2. The smallest absolute Gasteiger partial charge is 0.307 e. The predicted molar refractivity (Wildman–Crippen MR) is 76.6 cm³/mol. The van der Waals surface area contributed by atoms with E-state index in [9.17, 15) is 14.7 Å². The van der Waals surface area contributed by atoms with E-state index in [-0.39, 0.29) is 23.3 Å². The first-order valence-electron chi connectivity index (χ1n) is 7.25. The van der Waals surface area contributed by atoms with Gasteiger partial charge in [-0.25, -0.2) is 0 Å². The highest BCUT2D eigenvalue weighted by Crippen LogP contribution is 2.60. The number of hydrogen-bond donors (Lipinski definition) is 2. The van der Waals surface area contributed by atoms with Gasteiger partial charge < -0.3 is 15.2 Å². The van der Waals surface area contributed by atoms with Crippen molar-refractivity contribution in [1.29, 1.82) is 0 Å². The fourth-order valence-corrected chi connectivity index (χ4v) is 3.21. The number of aliphatic carboxylic acids is 1. The van der Waals surface area contributed by atoms with E-state index in [4.69, 9.17) is 4.74 Å². The van der Waals surface area contributed by atoms with Crippen LogP contribution in [0.1, 0.15) is 42.6 Å². The van der Waals surface area contributed by atoms with Crippen LogP contribution in [-0.4, -0.2) is 29.6 Å². The van der Waals surface area contributed by atoms with Gasteiger partial charge in [0.15, 0.2) is 0 Å². The molecule has 1 aromatic rings. The molecular weight excluding hydrogens is 270 g/mol. The van der Waals surface area contributed by atoms with Crippen LogP contribution in [-0.2, 0) is 10.2 Å². The molecule has 2 N–H and O–H groups in total. The molecule has 1 aliphatic carbocycles. The molecule has 0 saturated heterocycles. The second-order valence-corrected chi connectivity index (χ2v) is 6.19. The zero-order valence-electron chi connectivity index (χ0n) is 12.2. The molecule has 112 valence electrons. The van der Waals surface area contributed by atoms with E-state index in [2.05, 4.69) is 5.32 Å². The first kappa shape index (κ1) is 13.9. The molecule has 2 atom stereocenters. The Morgan fingerprint density at radius 1 is 1.43 bits per heavy atom. The van der Waals surface area contributed by atoms with Gasteiger partial charge in [-0.15, -0.1) is 0 Å². The van der Waals surface area contributed by atoms with Crippen LogP contribution >= 0.6 is 0 Å². The van der Waals surface area contributed by atoms with Crippen LogP contribution in [0.15, 0.2) is 18.2 Å². The van der Waals surface area contributed by atoms with Crippen LogP contribution in [0.2, 0.25) is 0 Å². The van der Waals surface area contributed by atoms with Gasteiger partial charge in [-0.1, -0.05) is 0 Å². The minimum atomic E-state index is -0.764. The lowest BCUT2D eigenvalue weighted by Gasteiger charge is -2.27. The number of benzene rings is 1. The molecule has 1 aromatic carbocycles. The van der Waals surface area contributed by atoms with E-state index in [1.165, 1.54) is 0 Å². The molecule has 1 spiro atoms. The van der Waals surface area contributed by atoms with E-state index >= 15 is 0 Å². The number of carboxylic acids is 1. The molecule has 0 bridgehead atoms. The van der Waals surface area contributed by atoms with Crippen molar-refractivity contribution in [2.75, 3.05) is 6.61 Å². The molecular formula is C16H19NO4. The molecule has 1 aliphatic heterocycles. The first-order valence-corrected chi connectivity index (χ1v) is 7.25. The molecule has 0 radical (unpaired) electrons. The summed E-state index contributed by atoms with van der Waals surface area (Å²) in [6.45, 7) is 4.35. The average molecular weight is 289 g/mol. The number of nitrogens with one attached hydrogen (secondary N) is 1. The number of hydrogen-bond acceptors (Lipinski definition) is 3. The maximum atomic E-state index is 12.1. The van der Waals surface area contributed by atoms with Crippen LogP contribution in [0.5, 0.6) is 5.75 Å². The SMILES string of the molecule is CC(C)NC(=O)c1ccc2c(c1)C1(CCO2)CC1C(=O)O. The van der Waals surface area contributed by atoms with Crippen molar-refractivity contribution in [2.45, 2.75) is 38.1 Å². The fourth-order valence-electron chi connectivity index (χ4n) is 3.21. The van der Waals surface area contributed by atoms with Crippen molar-refractivity contribution in [1.82, 2.24) is 5.32 Å². The Morgan fingerprint density at radius 2 is 2.19 bits per heavy atom. The Morgan fingerprint density at radius 3 is 2.81 bits per heavy atom. The molecule has 1 heterocycles. The van der Waals surface area contributed by atoms with Crippen molar-refractivity contribution in [3.8, 4) is 5.75 Å². The quantitative estimate of drug-likeness (QED) is 0.891. The Hall–Kier alpha value is -2.04. The number of carbonyl (C=O) groups excluding carboxylic acids is 1. The fraction of sp³-hybridized carbons (Fsp3) is 0.500. The van der Waals surface area contributed by atoms with E-state index in [1.54, 1.807) is 18.2 Å². The molecule has 2 aliphatic rings. The van der Waals surface area contributed by atoms with E-state index in [1.807, 2.05) is 13.8 Å². The normalized spacial score (nSPS) is 26.1. The van der Waals surface area contributed by atoms with E-state index in [0.717, 1.165) is 5.56 Å². The van der Waals surface area contributed by atoms with Gasteiger partial charge in [0.2, 0.25) is 0 Å². The molecule has 1 fully saturated rings. The van der Waals surface area contributed by atoms with E-state index < -0.39 is 5.97 Å². The molecule has 1 saturated carbocycles. The number of rotatable bonds is 3. The largest absolute Gasteiger partial charge is 0.493 e. The highest BCUT2D eigenvalue weighted by Gasteiger charge is 2.61. The van der Waals surface area contributed by atoms with Gasteiger partial charge in [0.25, 0.3) is 5.91 Å². The van der Waals surface area contributed by atoms with Gasteiger partial charge >= 0.3 is 5.97 Å². The summed E-state index contributed by atoms with van der Waals surface area (Å²) in [5, 5.41) is 12.1. The van der Waals surface area contributed by atoms with Crippen molar-refractivity contribution >= 4 is 11.9 Å². The third-order valence-corrected chi connectivity index (χ3v) is 4.38. The first-order chi connectivity index (χ1) is 9.94. The van der Waals surface area contributed by atoms with Gasteiger partial charge in [-0.2, -0.15) is 0 Å². The number of fused-ring (bicyclic) bond motifs is 2. The third kappa shape index (κ3) is 2.26. The Labute approximate surface area is 123 Å². The van der Waals surface area contributed by atoms with Gasteiger partial charge in [-0.05, 0) is 44.9 Å². The maximum Gasteiger partial charge on any atom is 0.307 e. The summed E-state index contributed by atoms with van der Waals surface area (Å²) in [7, 11) is 0. The molecule has 21 heavy (non-hydrogen) atoms. The monoisotopic (exact) mass is 289 g/mol. The lowest BCUT2D eigenvalue weighted by atomic mass is 9.86. The average Bonchev–Trinajstić information content (AvgIpc) is 3.13. The van der Waals surface area contributed by atoms with Crippen LogP contribution in [0, 0.1) is 5.92 Å². The standard InChI is InChI=1S/C16H19NO4/c1-9(2)17-14(18)10-3-4-13-11(7-10)16(5-6-21-13)8-12(16)15(19)20/h3-4,7,9,12H,5-6,8H2,1-2H3,(H,17,18)(H,19,20). The summed E-state index contributed by atoms with van der Waals surface area (Å²) in [6, 6.07) is 5.37. The zero-order valence-corrected chi connectivity index (χ0v) is 12.2. The molecule has 3 rings (SSSR count). The summed E-state index contributed by atoms with van der Waals surface area (Å²) in [6.07, 6.45) is 1.33. The minimum Gasteiger partial charge on any atom is -0.493 e. The van der Waals surface area contributed by atoms with Crippen molar-refractivity contribution in [3.63, 3.8) is 0 Å². The summed E-state index contributed by atoms with van der Waals surface area (Å²) in [4.78, 5) is 23.4. The minimum absolute atomic E-state index is 0.0615. The summed E-state index contributed by atoms with van der Waals surface area (Å²) < 4.78 is 5.62. The number of amides is 1. The summed E-state index contributed by atoms with van der Waals surface area (Å²) >= 11 is 0. The second-order valence-electron chi connectivity index (χ2n) is 6.19. The van der Waals surface area contributed by atoms with Gasteiger partial charge in [-0.3, -0.25) is 9.59 Å². The predicted octanol–water partition coefficient (Wildman–Crippen LogP) is 1.95. The number of ether oxygens (including phenoxy) is 1. The lowest BCUT2D eigenvalue weighted by molar-refractivity contribution is -0.139. The summed E-state index contributed by atoms with van der Waals surface area (Å²) in [5.74, 6) is -0.546. The maximum absolute atomic E-state index is 12.1. The Kier molecular flexibility index (Phi) is 3.15. The molecule has 5 nitrogen and oxygen atoms in total. The highest BCUT2D eigenvalue weighted by atomic mass is 16.5. The van der Waals surface area contributed by atoms with Gasteiger partial charge in [0.05, 0.1) is 12.5 Å². The van der Waals surface area contributed by atoms with Crippen molar-refractivity contribution < 1.29 is 19.4 Å². The van der Waals surface area contributed by atoms with Crippen LogP contribution < -0.4 is 10.1 Å². The molecule has 0 aromatic heterocycles. The van der Waals surface area contributed by atoms with Gasteiger partial charge in [0, 0.05) is 22.6 Å². The third-order valence-electron chi connectivity index (χ3n) is 4.38.